The summed E-state index contributed by atoms with van der Waals surface area (Å²) in [5.74, 6) is 0.764. The molecule has 0 saturated heterocycles. The Kier molecular flexibility index (Phi) is 7.40. The molecule has 10 heteroatoms. The molecule has 1 aromatic heterocycles. The van der Waals surface area contributed by atoms with E-state index in [4.69, 9.17) is 28.0 Å². The predicted octanol–water partition coefficient (Wildman–Crippen LogP) is 5.40. The summed E-state index contributed by atoms with van der Waals surface area (Å²) in [6.45, 7) is 1.24. The zero-order valence-electron chi connectivity index (χ0n) is 16.6. The number of aryl methyl sites for hydroxylation is 1. The van der Waals surface area contributed by atoms with Gasteiger partial charge in [-0.15, -0.1) is 20.8 Å². The maximum absolute atomic E-state index is 13.1. The van der Waals surface area contributed by atoms with Gasteiger partial charge in [0.2, 0.25) is 0 Å². The summed E-state index contributed by atoms with van der Waals surface area (Å²) >= 11 is 15.7. The third-order valence-electron chi connectivity index (χ3n) is 5.10. The maximum atomic E-state index is 13.1. The number of carbonyl (C=O) groups is 1. The van der Waals surface area contributed by atoms with Gasteiger partial charge in [0.15, 0.2) is 0 Å². The van der Waals surface area contributed by atoms with Crippen molar-refractivity contribution in [3.8, 4) is 0 Å². The standard InChI is InChI=1S/C21H22BrCl2N4O2P/c22-13-4-5-16(15(24)8-13)26-18-14(21(29)27-30-10-12-2-3-12)9-17-19(20(18)31)25-11-28(17)7-1-6-23/h4-5,8-9,11-12,26H,1-3,6-7,10,31H2,(H,27,29). The average molecular weight is 544 g/mol. The van der Waals surface area contributed by atoms with E-state index in [9.17, 15) is 4.79 Å². The molecule has 2 N–H and O–H groups in total. The second-order valence-corrected chi connectivity index (χ2v) is 9.77. The van der Waals surface area contributed by atoms with Gasteiger partial charge in [0, 0.05) is 22.2 Å². The first-order chi connectivity index (χ1) is 15.0. The highest BCUT2D eigenvalue weighted by molar-refractivity contribution is 9.10. The molecule has 1 fully saturated rings. The van der Waals surface area contributed by atoms with Crippen LogP contribution in [0.15, 0.2) is 35.1 Å². The van der Waals surface area contributed by atoms with E-state index in [-0.39, 0.29) is 5.91 Å². The van der Waals surface area contributed by atoms with Crippen molar-refractivity contribution < 1.29 is 9.63 Å². The normalized spacial score (nSPS) is 13.5. The first-order valence-corrected chi connectivity index (χ1v) is 12.2. The van der Waals surface area contributed by atoms with Gasteiger partial charge in [0.05, 0.1) is 45.9 Å². The topological polar surface area (TPSA) is 68.2 Å². The number of carbonyl (C=O) groups excluding carboxylic acids is 1. The number of nitrogens with one attached hydrogen (secondary N) is 2. The summed E-state index contributed by atoms with van der Waals surface area (Å²) in [7, 11) is 2.70. The second-order valence-electron chi connectivity index (χ2n) is 7.50. The van der Waals surface area contributed by atoms with Crippen LogP contribution in [0.4, 0.5) is 11.4 Å². The fraction of sp³-hybridized carbons (Fsp3) is 0.333. The number of hydroxylamine groups is 1. The Labute approximate surface area is 201 Å². The Bertz CT molecular complexity index is 1120. The van der Waals surface area contributed by atoms with Crippen LogP contribution in [0.1, 0.15) is 29.6 Å². The van der Waals surface area contributed by atoms with Crippen molar-refractivity contribution in [2.24, 2.45) is 5.92 Å². The van der Waals surface area contributed by atoms with Crippen LogP contribution in [0.25, 0.3) is 11.0 Å². The van der Waals surface area contributed by atoms with Crippen LogP contribution in [-0.2, 0) is 11.4 Å². The lowest BCUT2D eigenvalue weighted by Crippen LogP contribution is -2.27. The number of halogens is 3. The molecule has 1 amide bonds. The molecule has 31 heavy (non-hydrogen) atoms. The molecule has 1 aliphatic rings. The molecule has 164 valence electrons. The largest absolute Gasteiger partial charge is 0.353 e. The van der Waals surface area contributed by atoms with Gasteiger partial charge in [0.25, 0.3) is 5.91 Å². The molecule has 0 radical (unpaired) electrons. The number of nitrogens with zero attached hydrogens (tertiary/aromatic N) is 2. The summed E-state index contributed by atoms with van der Waals surface area (Å²) in [6, 6.07) is 7.36. The van der Waals surface area contributed by atoms with Gasteiger partial charge in [-0.1, -0.05) is 27.5 Å². The van der Waals surface area contributed by atoms with Gasteiger partial charge in [-0.05, 0) is 49.4 Å². The van der Waals surface area contributed by atoms with E-state index in [1.165, 1.54) is 0 Å². The number of hydrogen-bond donors (Lipinski definition) is 2. The van der Waals surface area contributed by atoms with Gasteiger partial charge in [-0.2, -0.15) is 0 Å². The highest BCUT2D eigenvalue weighted by atomic mass is 79.9. The molecule has 0 spiro atoms. The number of anilines is 2. The highest BCUT2D eigenvalue weighted by Crippen LogP contribution is 2.32. The Morgan fingerprint density at radius 3 is 2.87 bits per heavy atom. The van der Waals surface area contributed by atoms with E-state index in [0.717, 1.165) is 40.1 Å². The Hall–Kier alpha value is -1.37. The minimum atomic E-state index is -0.327. The zero-order valence-corrected chi connectivity index (χ0v) is 20.9. The lowest BCUT2D eigenvalue weighted by molar-refractivity contribution is 0.0271. The molecule has 0 bridgehead atoms. The molecule has 1 saturated carbocycles. The van der Waals surface area contributed by atoms with Crippen molar-refractivity contribution in [2.75, 3.05) is 17.8 Å². The van der Waals surface area contributed by atoms with Crippen molar-refractivity contribution in [3.05, 3.63) is 45.7 Å². The van der Waals surface area contributed by atoms with Crippen molar-refractivity contribution in [3.63, 3.8) is 0 Å². The van der Waals surface area contributed by atoms with Gasteiger partial charge in [-0.25, -0.2) is 10.5 Å². The number of rotatable bonds is 9. The highest BCUT2D eigenvalue weighted by Gasteiger charge is 2.24. The molecule has 3 aromatic rings. The van der Waals surface area contributed by atoms with Crippen LogP contribution < -0.4 is 16.1 Å². The lowest BCUT2D eigenvalue weighted by atomic mass is 10.1. The van der Waals surface area contributed by atoms with Crippen LogP contribution in [0, 0.1) is 5.92 Å². The molecule has 1 atom stereocenters. The minimum absolute atomic E-state index is 0.327. The SMILES string of the molecule is O=C(NOCC1CC1)c1cc2c(ncn2CCCCl)c(P)c1Nc1ccc(Br)cc1Cl. The summed E-state index contributed by atoms with van der Waals surface area (Å²) in [5.41, 5.74) is 5.96. The van der Waals surface area contributed by atoms with E-state index in [2.05, 4.69) is 41.0 Å². The first kappa shape index (κ1) is 22.8. The van der Waals surface area contributed by atoms with Gasteiger partial charge in [-0.3, -0.25) is 9.63 Å². The summed E-state index contributed by atoms with van der Waals surface area (Å²) in [6.07, 6.45) is 4.87. The average Bonchev–Trinajstić information content (AvgIpc) is 3.48. The molecule has 4 rings (SSSR count). The maximum Gasteiger partial charge on any atom is 0.277 e. The molecule has 1 unspecified atom stereocenters. The number of fused-ring (bicyclic) bond motifs is 1. The van der Waals surface area contributed by atoms with Gasteiger partial charge >= 0.3 is 0 Å². The smallest absolute Gasteiger partial charge is 0.277 e. The van der Waals surface area contributed by atoms with Gasteiger partial charge in [0.1, 0.15) is 0 Å². The van der Waals surface area contributed by atoms with Crippen LogP contribution >= 0.6 is 48.4 Å². The molecule has 6 nitrogen and oxygen atoms in total. The van der Waals surface area contributed by atoms with Gasteiger partial charge < -0.3 is 9.88 Å². The summed E-state index contributed by atoms with van der Waals surface area (Å²) < 4.78 is 2.87. The van der Waals surface area contributed by atoms with Crippen LogP contribution in [0.3, 0.4) is 0 Å². The van der Waals surface area contributed by atoms with Crippen LogP contribution in [-0.4, -0.2) is 27.9 Å². The fourth-order valence-corrected chi connectivity index (χ4v) is 4.53. The Morgan fingerprint density at radius 1 is 1.35 bits per heavy atom. The van der Waals surface area contributed by atoms with E-state index in [0.29, 0.717) is 46.9 Å². The van der Waals surface area contributed by atoms with Crippen molar-refractivity contribution in [2.45, 2.75) is 25.8 Å². The first-order valence-electron chi connectivity index (χ1n) is 9.95. The number of benzene rings is 2. The summed E-state index contributed by atoms with van der Waals surface area (Å²) in [4.78, 5) is 23.1. The molecule has 0 aliphatic heterocycles. The van der Waals surface area contributed by atoms with Crippen molar-refractivity contribution >= 4 is 82.0 Å². The summed E-state index contributed by atoms with van der Waals surface area (Å²) in [5, 5.41) is 4.62. The zero-order chi connectivity index (χ0) is 22.0. The van der Waals surface area contributed by atoms with E-state index in [1.54, 1.807) is 12.4 Å². The van der Waals surface area contributed by atoms with Crippen molar-refractivity contribution in [1.29, 1.82) is 0 Å². The fourth-order valence-electron chi connectivity index (χ4n) is 3.24. The molecule has 1 aliphatic carbocycles. The van der Waals surface area contributed by atoms with Crippen LogP contribution in [0.5, 0.6) is 0 Å². The second kappa shape index (κ2) is 10.1. The molecular formula is C21H22BrCl2N4O2P. The van der Waals surface area contributed by atoms with E-state index >= 15 is 0 Å². The minimum Gasteiger partial charge on any atom is -0.353 e. The number of hydrogen-bond acceptors (Lipinski definition) is 4. The van der Waals surface area contributed by atoms with Crippen molar-refractivity contribution in [1.82, 2.24) is 15.0 Å². The lowest BCUT2D eigenvalue weighted by Gasteiger charge is -2.17. The number of imidazole rings is 1. The molecule has 2 aromatic carbocycles. The third kappa shape index (κ3) is 5.35. The van der Waals surface area contributed by atoms with Crippen LogP contribution in [0.2, 0.25) is 5.02 Å². The Morgan fingerprint density at radius 2 is 2.16 bits per heavy atom. The number of alkyl halides is 1. The quantitative estimate of drug-likeness (QED) is 0.215. The Balaban J connectivity index is 1.73. The molecule has 1 heterocycles. The van der Waals surface area contributed by atoms with E-state index in [1.807, 2.05) is 22.8 Å². The number of amides is 1. The van der Waals surface area contributed by atoms with E-state index < -0.39 is 0 Å². The molecular weight excluding hydrogens is 522 g/mol. The number of aromatic nitrogens is 2. The predicted molar refractivity (Wildman–Crippen MR) is 133 cm³/mol. The monoisotopic (exact) mass is 542 g/mol. The third-order valence-corrected chi connectivity index (χ3v) is 6.74.